The lowest BCUT2D eigenvalue weighted by atomic mass is 10.5. The number of nitrogens with two attached hydrogens (primary N) is 1. The van der Waals surface area contributed by atoms with Crippen molar-refractivity contribution in [3.05, 3.63) is 11.9 Å². The number of rotatable bonds is 1. The normalized spacial score (nSPS) is 9.00. The fourth-order valence-corrected chi connectivity index (χ4v) is 0.317. The fraction of sp³-hybridized carbons (Fsp3) is 0. The highest BCUT2D eigenvalue weighted by Crippen LogP contribution is 1.82. The van der Waals surface area contributed by atoms with Crippen molar-refractivity contribution in [3.8, 4) is 0 Å². The molecule has 0 radical (unpaired) electrons. The van der Waals surface area contributed by atoms with E-state index < -0.39 is 5.91 Å². The molecule has 1 aromatic heterocycles. The number of carbonyl (C=O) groups is 1. The highest BCUT2D eigenvalue weighted by Gasteiger charge is 1.98. The van der Waals surface area contributed by atoms with Gasteiger partial charge in [0.1, 0.15) is 5.69 Å². The van der Waals surface area contributed by atoms with Crippen LogP contribution in [0.25, 0.3) is 0 Å². The van der Waals surface area contributed by atoms with Gasteiger partial charge >= 0.3 is 1.43 Å². The van der Waals surface area contributed by atoms with Gasteiger partial charge in [-0.2, -0.15) is 0 Å². The van der Waals surface area contributed by atoms with E-state index in [9.17, 15) is 4.79 Å². The highest BCUT2D eigenvalue weighted by atomic mass is 16.1. The van der Waals surface area contributed by atoms with E-state index in [1.165, 1.54) is 6.20 Å². The SMILES string of the molecule is NC(=O)c1cnn[nH]1.[H+]. The molecule has 1 amide bonds. The smallest absolute Gasteiger partial charge is 0.364 e. The molecule has 0 aliphatic rings. The monoisotopic (exact) mass is 113 g/mol. The fourth-order valence-electron chi connectivity index (χ4n) is 0.317. The number of aromatic amines is 1. The maximum Gasteiger partial charge on any atom is 1.00 e. The molecule has 0 fully saturated rings. The number of hydrogen-bond acceptors (Lipinski definition) is 3. The van der Waals surface area contributed by atoms with Crippen LogP contribution in [0.15, 0.2) is 6.20 Å². The molecule has 0 saturated carbocycles. The van der Waals surface area contributed by atoms with Gasteiger partial charge in [-0.25, -0.2) is 0 Å². The van der Waals surface area contributed by atoms with E-state index in [1.807, 2.05) is 0 Å². The summed E-state index contributed by atoms with van der Waals surface area (Å²) in [5, 5.41) is 8.91. The molecule has 0 saturated heterocycles. The lowest BCUT2D eigenvalue weighted by molar-refractivity contribution is 0.0995. The summed E-state index contributed by atoms with van der Waals surface area (Å²) in [7, 11) is 0. The second kappa shape index (κ2) is 1.61. The van der Waals surface area contributed by atoms with Gasteiger partial charge in [0.15, 0.2) is 0 Å². The van der Waals surface area contributed by atoms with Crippen LogP contribution < -0.4 is 5.73 Å². The number of carbonyl (C=O) groups excluding carboxylic acids is 1. The summed E-state index contributed by atoms with van der Waals surface area (Å²) in [6, 6.07) is 0. The van der Waals surface area contributed by atoms with Gasteiger partial charge in [0, 0.05) is 0 Å². The predicted molar refractivity (Wildman–Crippen MR) is 26.0 cm³/mol. The van der Waals surface area contributed by atoms with Gasteiger partial charge in [0.05, 0.1) is 6.20 Å². The maximum atomic E-state index is 10.2. The Morgan fingerprint density at radius 3 is 3.00 bits per heavy atom. The van der Waals surface area contributed by atoms with Crippen LogP contribution in [0.5, 0.6) is 0 Å². The van der Waals surface area contributed by atoms with Crippen molar-refractivity contribution in [2.45, 2.75) is 0 Å². The van der Waals surface area contributed by atoms with Crippen LogP contribution in [0, 0.1) is 0 Å². The molecule has 0 aliphatic heterocycles. The summed E-state index contributed by atoms with van der Waals surface area (Å²) >= 11 is 0. The van der Waals surface area contributed by atoms with E-state index >= 15 is 0 Å². The zero-order chi connectivity index (χ0) is 5.98. The molecule has 5 nitrogen and oxygen atoms in total. The first-order valence-electron chi connectivity index (χ1n) is 1.96. The maximum absolute atomic E-state index is 10.2. The molecule has 0 bridgehead atoms. The minimum Gasteiger partial charge on any atom is -0.364 e. The number of amides is 1. The van der Waals surface area contributed by atoms with Gasteiger partial charge in [0.2, 0.25) is 0 Å². The molecule has 42 valence electrons. The second-order valence-electron chi connectivity index (χ2n) is 1.23. The van der Waals surface area contributed by atoms with E-state index in [1.54, 1.807) is 0 Å². The van der Waals surface area contributed by atoms with Crippen LogP contribution in [-0.4, -0.2) is 21.3 Å². The summed E-state index contributed by atoms with van der Waals surface area (Å²) in [4.78, 5) is 10.2. The number of hydrogen-bond donors (Lipinski definition) is 2. The molecule has 3 N–H and O–H groups in total. The van der Waals surface area contributed by atoms with Crippen LogP contribution >= 0.6 is 0 Å². The van der Waals surface area contributed by atoms with Crippen molar-refractivity contribution in [1.82, 2.24) is 15.4 Å². The highest BCUT2D eigenvalue weighted by molar-refractivity contribution is 5.90. The molecule has 1 rings (SSSR count). The number of primary amides is 1. The van der Waals surface area contributed by atoms with Crippen molar-refractivity contribution in [3.63, 3.8) is 0 Å². The zero-order valence-electron chi connectivity index (χ0n) is 4.96. The van der Waals surface area contributed by atoms with Crippen LogP contribution in [0.2, 0.25) is 0 Å². The molecule has 0 aromatic carbocycles. The van der Waals surface area contributed by atoms with Crippen molar-refractivity contribution < 1.29 is 6.22 Å². The standard InChI is InChI=1S/C3H4N4O/c4-3(8)2-1-5-7-6-2/h1H,(H2,4,8)(H,5,6,7)/p+1. The summed E-state index contributed by atoms with van der Waals surface area (Å²) in [6.07, 6.45) is 1.27. The molecule has 8 heavy (non-hydrogen) atoms. The van der Waals surface area contributed by atoms with Crippen molar-refractivity contribution in [1.29, 1.82) is 0 Å². The van der Waals surface area contributed by atoms with Crippen LogP contribution in [0.3, 0.4) is 0 Å². The Morgan fingerprint density at radius 2 is 2.75 bits per heavy atom. The lowest BCUT2D eigenvalue weighted by Gasteiger charge is -1.78. The molecule has 0 aliphatic carbocycles. The Labute approximate surface area is 46.4 Å². The number of H-pyrrole nitrogens is 1. The Hall–Kier alpha value is -1.39. The van der Waals surface area contributed by atoms with Crippen molar-refractivity contribution in [2.24, 2.45) is 5.73 Å². The Kier molecular flexibility index (Phi) is 0.957. The third kappa shape index (κ3) is 0.651. The average Bonchev–Trinajstić information content (AvgIpc) is 2.12. The van der Waals surface area contributed by atoms with Gasteiger partial charge in [-0.1, -0.05) is 5.21 Å². The van der Waals surface area contributed by atoms with E-state index in [2.05, 4.69) is 15.4 Å². The quantitative estimate of drug-likeness (QED) is 0.490. The van der Waals surface area contributed by atoms with Gasteiger partial charge in [0.25, 0.3) is 5.91 Å². The summed E-state index contributed by atoms with van der Waals surface area (Å²) in [6.45, 7) is 0. The first kappa shape index (κ1) is 4.76. The van der Waals surface area contributed by atoms with Gasteiger partial charge in [-0.3, -0.25) is 9.89 Å². The van der Waals surface area contributed by atoms with Crippen molar-refractivity contribution >= 4 is 5.91 Å². The number of aromatic nitrogens is 3. The van der Waals surface area contributed by atoms with E-state index in [-0.39, 0.29) is 7.12 Å². The first-order valence-corrected chi connectivity index (χ1v) is 1.96. The van der Waals surface area contributed by atoms with Gasteiger partial charge in [-0.05, 0) is 0 Å². The minimum atomic E-state index is -0.546. The zero-order valence-corrected chi connectivity index (χ0v) is 3.96. The predicted octanol–water partition coefficient (Wildman–Crippen LogP) is -0.984. The number of nitrogens with one attached hydrogen (secondary N) is 1. The van der Waals surface area contributed by atoms with Gasteiger partial charge in [-0.15, -0.1) is 5.10 Å². The molecule has 5 heteroatoms. The van der Waals surface area contributed by atoms with Gasteiger partial charge < -0.3 is 5.73 Å². The Bertz CT molecular complexity index is 184. The Balaban J connectivity index is 0.000000640. The molecule has 0 atom stereocenters. The summed E-state index contributed by atoms with van der Waals surface area (Å²) < 4.78 is 0. The van der Waals surface area contributed by atoms with Crippen molar-refractivity contribution in [2.75, 3.05) is 0 Å². The summed E-state index contributed by atoms with van der Waals surface area (Å²) in [5.41, 5.74) is 5.03. The minimum absolute atomic E-state index is 0. The molecule has 1 aromatic rings. The van der Waals surface area contributed by atoms with Crippen LogP contribution in [0.1, 0.15) is 11.9 Å². The van der Waals surface area contributed by atoms with E-state index in [0.29, 0.717) is 0 Å². The third-order valence-corrected chi connectivity index (χ3v) is 0.680. The van der Waals surface area contributed by atoms with Crippen LogP contribution in [0.4, 0.5) is 0 Å². The van der Waals surface area contributed by atoms with E-state index in [0.717, 1.165) is 0 Å². The summed E-state index contributed by atoms with van der Waals surface area (Å²) in [5.74, 6) is -0.546. The largest absolute Gasteiger partial charge is 1.00 e. The Morgan fingerprint density at radius 1 is 2.00 bits per heavy atom. The second-order valence-corrected chi connectivity index (χ2v) is 1.23. The molecule has 0 unspecified atom stereocenters. The topological polar surface area (TPSA) is 84.7 Å². The van der Waals surface area contributed by atoms with Crippen LogP contribution in [-0.2, 0) is 0 Å². The average molecular weight is 113 g/mol. The van der Waals surface area contributed by atoms with E-state index in [4.69, 9.17) is 5.73 Å². The number of nitrogens with zero attached hydrogens (tertiary/aromatic N) is 2. The molecular formula is C3H5N4O+. The molecular weight excluding hydrogens is 108 g/mol. The molecule has 1 heterocycles. The first-order chi connectivity index (χ1) is 3.80. The third-order valence-electron chi connectivity index (χ3n) is 0.680. The molecule has 0 spiro atoms. The lowest BCUT2D eigenvalue weighted by Crippen LogP contribution is -2.10.